The zero-order chi connectivity index (χ0) is 16.7. The van der Waals surface area contributed by atoms with Crippen molar-refractivity contribution in [1.29, 1.82) is 0 Å². The van der Waals surface area contributed by atoms with Gasteiger partial charge >= 0.3 is 0 Å². The topological polar surface area (TPSA) is 33.1 Å². The van der Waals surface area contributed by atoms with E-state index in [1.165, 1.54) is 20.6 Å². The van der Waals surface area contributed by atoms with Crippen molar-refractivity contribution in [2.75, 3.05) is 0 Å². The Morgan fingerprint density at radius 2 is 1.62 bits per heavy atom. The first-order valence-electron chi connectivity index (χ1n) is 8.14. The van der Waals surface area contributed by atoms with Crippen LogP contribution in [0.25, 0.3) is 32.9 Å². The van der Waals surface area contributed by atoms with Crippen LogP contribution in [0.15, 0.2) is 70.5 Å². The van der Waals surface area contributed by atoms with Gasteiger partial charge < -0.3 is 5.11 Å². The van der Waals surface area contributed by atoms with E-state index in [-0.39, 0.29) is 0 Å². The minimum atomic E-state index is 0.300. The van der Waals surface area contributed by atoms with Crippen LogP contribution in [0.1, 0.15) is 13.8 Å². The van der Waals surface area contributed by atoms with Crippen molar-refractivity contribution < 1.29 is 5.11 Å². The Labute approximate surface area is 145 Å². The number of hydrogen-bond donors (Lipinski definition) is 1. The van der Waals surface area contributed by atoms with Crippen LogP contribution >= 0.6 is 11.8 Å². The molecule has 118 valence electrons. The van der Waals surface area contributed by atoms with E-state index in [1.54, 1.807) is 17.8 Å². The number of pyridine rings is 1. The number of aromatic hydroxyl groups is 1. The van der Waals surface area contributed by atoms with E-state index < -0.39 is 0 Å². The number of phenols is 1. The molecule has 1 aliphatic heterocycles. The summed E-state index contributed by atoms with van der Waals surface area (Å²) in [7, 11) is 0. The van der Waals surface area contributed by atoms with Crippen molar-refractivity contribution in [3.05, 3.63) is 60.7 Å². The molecule has 2 heterocycles. The van der Waals surface area contributed by atoms with E-state index in [1.807, 2.05) is 38.1 Å². The molecule has 1 aromatic heterocycles. The van der Waals surface area contributed by atoms with Gasteiger partial charge in [0.25, 0.3) is 0 Å². The molecule has 0 spiro atoms. The summed E-state index contributed by atoms with van der Waals surface area (Å²) in [6, 6.07) is 20.1. The summed E-state index contributed by atoms with van der Waals surface area (Å²) in [4.78, 5) is 7.23. The molecule has 0 atom stereocenters. The number of benzene rings is 3. The van der Waals surface area contributed by atoms with Crippen LogP contribution in [-0.4, -0.2) is 10.1 Å². The summed E-state index contributed by atoms with van der Waals surface area (Å²) in [6.45, 7) is 4.00. The number of hydrogen-bond acceptors (Lipinski definition) is 3. The molecule has 4 aromatic rings. The highest BCUT2D eigenvalue weighted by Gasteiger charge is 2.22. The van der Waals surface area contributed by atoms with Gasteiger partial charge in [-0.1, -0.05) is 55.9 Å². The Morgan fingerprint density at radius 3 is 2.50 bits per heavy atom. The van der Waals surface area contributed by atoms with Crippen molar-refractivity contribution >= 4 is 33.6 Å². The molecule has 0 unspecified atom stereocenters. The molecule has 2 nitrogen and oxygen atoms in total. The van der Waals surface area contributed by atoms with Gasteiger partial charge in [-0.15, -0.1) is 0 Å². The molecule has 0 saturated heterocycles. The third-order valence-corrected chi connectivity index (χ3v) is 5.33. The standard InChI is InChI=1S/C19H11NOS.C2H6/c21-11-8-9-17-14(10-11)12-5-3-7-16-18(12)19(22-17)13-4-1-2-6-15(13)20-16;1-2/h1-10,21H;1-2H3. The average molecular weight is 331 g/mol. The fourth-order valence-corrected chi connectivity index (χ4v) is 4.39. The smallest absolute Gasteiger partial charge is 0.116 e. The zero-order valence-electron chi connectivity index (χ0n) is 13.6. The van der Waals surface area contributed by atoms with E-state index in [0.29, 0.717) is 5.75 Å². The normalized spacial score (nSPS) is 11.8. The molecular formula is C21H17NOS. The van der Waals surface area contributed by atoms with Gasteiger partial charge in [0.2, 0.25) is 0 Å². The first-order valence-corrected chi connectivity index (χ1v) is 8.95. The Bertz CT molecular complexity index is 1070. The molecular weight excluding hydrogens is 314 g/mol. The third kappa shape index (κ3) is 2.16. The van der Waals surface area contributed by atoms with Gasteiger partial charge in [0, 0.05) is 20.6 Å². The van der Waals surface area contributed by atoms with E-state index in [9.17, 15) is 5.11 Å². The predicted molar refractivity (Wildman–Crippen MR) is 102 cm³/mol. The molecule has 0 aliphatic carbocycles. The van der Waals surface area contributed by atoms with Gasteiger partial charge in [-0.3, -0.25) is 0 Å². The van der Waals surface area contributed by atoms with Gasteiger partial charge in [0.1, 0.15) is 5.75 Å². The predicted octanol–water partition coefficient (Wildman–Crippen LogP) is 6.25. The van der Waals surface area contributed by atoms with E-state index in [2.05, 4.69) is 30.3 Å². The monoisotopic (exact) mass is 331 g/mol. The fourth-order valence-electron chi connectivity index (χ4n) is 3.16. The number of aromatic nitrogens is 1. The second kappa shape index (κ2) is 5.84. The molecule has 0 radical (unpaired) electrons. The fraction of sp³-hybridized carbons (Fsp3) is 0.0952. The summed E-state index contributed by atoms with van der Waals surface area (Å²) in [5.74, 6) is 0.300. The molecule has 0 fully saturated rings. The Morgan fingerprint density at radius 1 is 0.833 bits per heavy atom. The molecule has 1 N–H and O–H groups in total. The SMILES string of the molecule is CC.Oc1ccc2c(c1)-c1cccc3nc4ccccc4c(c13)S2. The van der Waals surface area contributed by atoms with Gasteiger partial charge in [-0.05, 0) is 41.5 Å². The summed E-state index contributed by atoms with van der Waals surface area (Å²) in [5, 5.41) is 12.2. The van der Waals surface area contributed by atoms with Crippen molar-refractivity contribution in [2.24, 2.45) is 0 Å². The minimum absolute atomic E-state index is 0.300. The van der Waals surface area contributed by atoms with Crippen molar-refractivity contribution in [2.45, 2.75) is 23.6 Å². The number of phenolic OH excluding ortho intramolecular Hbond substituents is 1. The summed E-state index contributed by atoms with van der Waals surface area (Å²) >= 11 is 1.76. The lowest BCUT2D eigenvalue weighted by Crippen LogP contribution is -1.95. The molecule has 24 heavy (non-hydrogen) atoms. The lowest BCUT2D eigenvalue weighted by Gasteiger charge is -2.21. The second-order valence-corrected chi connectivity index (χ2v) is 6.49. The highest BCUT2D eigenvalue weighted by atomic mass is 32.2. The lowest BCUT2D eigenvalue weighted by molar-refractivity contribution is 0.475. The Kier molecular flexibility index (Phi) is 3.66. The van der Waals surface area contributed by atoms with Crippen molar-refractivity contribution in [1.82, 2.24) is 4.98 Å². The van der Waals surface area contributed by atoms with Gasteiger partial charge in [-0.25, -0.2) is 4.98 Å². The number of para-hydroxylation sites is 1. The van der Waals surface area contributed by atoms with Crippen LogP contribution in [0.2, 0.25) is 0 Å². The van der Waals surface area contributed by atoms with Crippen LogP contribution in [0.5, 0.6) is 5.75 Å². The number of nitrogens with zero attached hydrogens (tertiary/aromatic N) is 1. The largest absolute Gasteiger partial charge is 0.508 e. The van der Waals surface area contributed by atoms with E-state index in [4.69, 9.17) is 4.98 Å². The third-order valence-electron chi connectivity index (χ3n) is 4.12. The Balaban J connectivity index is 0.000000704. The van der Waals surface area contributed by atoms with Crippen molar-refractivity contribution in [3.8, 4) is 16.9 Å². The van der Waals surface area contributed by atoms with E-state index in [0.717, 1.165) is 22.2 Å². The summed E-state index contributed by atoms with van der Waals surface area (Å²) < 4.78 is 0. The highest BCUT2D eigenvalue weighted by molar-refractivity contribution is 8.00. The van der Waals surface area contributed by atoms with Crippen LogP contribution in [0, 0.1) is 0 Å². The minimum Gasteiger partial charge on any atom is -0.508 e. The second-order valence-electron chi connectivity index (χ2n) is 5.44. The van der Waals surface area contributed by atoms with Crippen LogP contribution in [0.3, 0.4) is 0 Å². The molecule has 0 bridgehead atoms. The van der Waals surface area contributed by atoms with Crippen molar-refractivity contribution in [3.63, 3.8) is 0 Å². The maximum atomic E-state index is 9.84. The molecule has 1 aliphatic rings. The summed E-state index contributed by atoms with van der Waals surface area (Å²) in [6.07, 6.45) is 0. The Hall–Kier alpha value is -2.52. The summed E-state index contributed by atoms with van der Waals surface area (Å²) in [5.41, 5.74) is 4.26. The maximum absolute atomic E-state index is 9.84. The highest BCUT2D eigenvalue weighted by Crippen LogP contribution is 2.50. The number of fused-ring (bicyclic) bond motifs is 4. The van der Waals surface area contributed by atoms with E-state index >= 15 is 0 Å². The first-order chi connectivity index (χ1) is 11.8. The zero-order valence-corrected chi connectivity index (χ0v) is 14.4. The molecule has 5 rings (SSSR count). The molecule has 3 aromatic carbocycles. The maximum Gasteiger partial charge on any atom is 0.116 e. The van der Waals surface area contributed by atoms with Gasteiger partial charge in [-0.2, -0.15) is 0 Å². The van der Waals surface area contributed by atoms with Gasteiger partial charge in [0.05, 0.1) is 11.0 Å². The van der Waals surface area contributed by atoms with Crippen LogP contribution < -0.4 is 0 Å². The van der Waals surface area contributed by atoms with Gasteiger partial charge in [0.15, 0.2) is 0 Å². The van der Waals surface area contributed by atoms with Crippen LogP contribution in [0.4, 0.5) is 0 Å². The lowest BCUT2D eigenvalue weighted by atomic mass is 9.98. The number of rotatable bonds is 0. The van der Waals surface area contributed by atoms with Crippen LogP contribution in [-0.2, 0) is 0 Å². The quantitative estimate of drug-likeness (QED) is 0.340. The first kappa shape index (κ1) is 15.0. The molecule has 0 saturated carbocycles. The molecule has 0 amide bonds. The average Bonchev–Trinajstić information content (AvgIpc) is 2.64. The molecule has 3 heteroatoms.